The Balaban J connectivity index is 2.55. The average molecular weight is 209 g/mol. The standard InChI is InChI=1S/C9H7NO3S/c11-14(12,9-10-6-7-13-9)8-4-2-1-3-5-8/h1-7H. The average Bonchev–Trinajstić information content (AvgIpc) is 2.72. The van der Waals surface area contributed by atoms with Gasteiger partial charge in [-0.3, -0.25) is 0 Å². The molecule has 0 amide bonds. The van der Waals surface area contributed by atoms with Crippen molar-refractivity contribution < 1.29 is 12.8 Å². The topological polar surface area (TPSA) is 60.2 Å². The van der Waals surface area contributed by atoms with E-state index < -0.39 is 9.84 Å². The second-order valence-electron chi connectivity index (χ2n) is 2.61. The van der Waals surface area contributed by atoms with E-state index in [4.69, 9.17) is 4.42 Å². The monoisotopic (exact) mass is 209 g/mol. The summed E-state index contributed by atoms with van der Waals surface area (Å²) in [5, 5.41) is -0.274. The normalized spacial score (nSPS) is 11.4. The minimum absolute atomic E-state index is 0.183. The molecule has 0 atom stereocenters. The fourth-order valence-corrected chi connectivity index (χ4v) is 2.14. The van der Waals surface area contributed by atoms with E-state index in [1.807, 2.05) is 0 Å². The van der Waals surface area contributed by atoms with Gasteiger partial charge in [-0.1, -0.05) is 18.2 Å². The van der Waals surface area contributed by atoms with Gasteiger partial charge in [-0.25, -0.2) is 13.4 Å². The molecule has 14 heavy (non-hydrogen) atoms. The molecule has 0 spiro atoms. The summed E-state index contributed by atoms with van der Waals surface area (Å²) in [7, 11) is -3.57. The summed E-state index contributed by atoms with van der Waals surface area (Å²) in [6.07, 6.45) is 2.53. The van der Waals surface area contributed by atoms with Gasteiger partial charge in [0.15, 0.2) is 0 Å². The van der Waals surface area contributed by atoms with Gasteiger partial charge in [-0.2, -0.15) is 0 Å². The van der Waals surface area contributed by atoms with Crippen LogP contribution in [0.2, 0.25) is 0 Å². The highest BCUT2D eigenvalue weighted by Crippen LogP contribution is 2.17. The van der Waals surface area contributed by atoms with Crippen molar-refractivity contribution in [2.24, 2.45) is 0 Å². The molecule has 72 valence electrons. The van der Waals surface area contributed by atoms with Crippen LogP contribution in [0.25, 0.3) is 0 Å². The Morgan fingerprint density at radius 3 is 2.43 bits per heavy atom. The van der Waals surface area contributed by atoms with Gasteiger partial charge in [-0.15, -0.1) is 0 Å². The van der Waals surface area contributed by atoms with E-state index in [2.05, 4.69) is 4.98 Å². The highest BCUT2D eigenvalue weighted by Gasteiger charge is 2.21. The molecule has 0 saturated heterocycles. The van der Waals surface area contributed by atoms with E-state index in [1.165, 1.54) is 24.6 Å². The van der Waals surface area contributed by atoms with Gasteiger partial charge in [0.2, 0.25) is 0 Å². The zero-order chi connectivity index (χ0) is 10.0. The van der Waals surface area contributed by atoms with Crippen LogP contribution in [-0.2, 0) is 9.84 Å². The Morgan fingerprint density at radius 1 is 1.14 bits per heavy atom. The third kappa shape index (κ3) is 1.42. The van der Waals surface area contributed by atoms with Crippen molar-refractivity contribution in [3.8, 4) is 0 Å². The van der Waals surface area contributed by atoms with Gasteiger partial charge >= 0.3 is 5.22 Å². The Hall–Kier alpha value is -1.62. The van der Waals surface area contributed by atoms with Crippen molar-refractivity contribution in [3.05, 3.63) is 42.8 Å². The van der Waals surface area contributed by atoms with Crippen LogP contribution in [0.5, 0.6) is 0 Å². The first-order chi connectivity index (χ1) is 6.71. The number of oxazole rings is 1. The van der Waals surface area contributed by atoms with Crippen molar-refractivity contribution in [2.75, 3.05) is 0 Å². The molecule has 0 aliphatic rings. The van der Waals surface area contributed by atoms with Crippen LogP contribution >= 0.6 is 0 Å². The molecule has 1 aromatic heterocycles. The summed E-state index contributed by atoms with van der Waals surface area (Å²) < 4.78 is 28.2. The Bertz CT molecular complexity index is 502. The van der Waals surface area contributed by atoms with Crippen molar-refractivity contribution in [1.82, 2.24) is 4.98 Å². The van der Waals surface area contributed by atoms with Crippen LogP contribution in [-0.4, -0.2) is 13.4 Å². The fraction of sp³-hybridized carbons (Fsp3) is 0. The van der Waals surface area contributed by atoms with Crippen LogP contribution in [0.15, 0.2) is 57.3 Å². The zero-order valence-corrected chi connectivity index (χ0v) is 7.94. The van der Waals surface area contributed by atoms with Crippen LogP contribution < -0.4 is 0 Å². The molecule has 0 fully saturated rings. The summed E-state index contributed by atoms with van der Waals surface area (Å²) >= 11 is 0. The quantitative estimate of drug-likeness (QED) is 0.752. The summed E-state index contributed by atoms with van der Waals surface area (Å²) in [5.74, 6) is 0. The van der Waals surface area contributed by atoms with Crippen molar-refractivity contribution in [2.45, 2.75) is 10.1 Å². The third-order valence-electron chi connectivity index (χ3n) is 1.69. The van der Waals surface area contributed by atoms with Gasteiger partial charge in [0.05, 0.1) is 11.1 Å². The van der Waals surface area contributed by atoms with E-state index in [0.29, 0.717) is 0 Å². The lowest BCUT2D eigenvalue weighted by atomic mass is 10.4. The predicted molar refractivity (Wildman–Crippen MR) is 48.4 cm³/mol. The Kier molecular flexibility index (Phi) is 2.09. The zero-order valence-electron chi connectivity index (χ0n) is 7.12. The molecular weight excluding hydrogens is 202 g/mol. The molecule has 0 unspecified atom stereocenters. The maximum absolute atomic E-state index is 11.7. The molecule has 1 heterocycles. The highest BCUT2D eigenvalue weighted by molar-refractivity contribution is 7.91. The van der Waals surface area contributed by atoms with E-state index in [0.717, 1.165) is 0 Å². The summed E-state index contributed by atoms with van der Waals surface area (Å²) in [6.45, 7) is 0. The second kappa shape index (κ2) is 3.26. The number of aromatic nitrogens is 1. The van der Waals surface area contributed by atoms with E-state index in [-0.39, 0.29) is 10.1 Å². The molecular formula is C9H7NO3S. The number of hydrogen-bond acceptors (Lipinski definition) is 4. The molecule has 0 N–H and O–H groups in total. The summed E-state index contributed by atoms with van der Waals surface area (Å²) in [6, 6.07) is 8.04. The number of benzene rings is 1. The molecule has 2 aromatic rings. The molecule has 0 aliphatic carbocycles. The van der Waals surface area contributed by atoms with Gasteiger partial charge in [0, 0.05) is 0 Å². The smallest absolute Gasteiger partial charge is 0.319 e. The fourth-order valence-electron chi connectivity index (χ4n) is 1.04. The molecule has 1 aromatic carbocycles. The van der Waals surface area contributed by atoms with E-state index in [9.17, 15) is 8.42 Å². The lowest BCUT2D eigenvalue weighted by molar-refractivity contribution is 0.430. The van der Waals surface area contributed by atoms with Crippen molar-refractivity contribution in [3.63, 3.8) is 0 Å². The first-order valence-electron chi connectivity index (χ1n) is 3.91. The molecule has 5 heteroatoms. The van der Waals surface area contributed by atoms with Gasteiger partial charge in [0.1, 0.15) is 6.26 Å². The largest absolute Gasteiger partial charge is 0.436 e. The summed E-state index contributed by atoms with van der Waals surface area (Å²) in [5.41, 5.74) is 0. The third-order valence-corrected chi connectivity index (χ3v) is 3.25. The number of sulfone groups is 1. The van der Waals surface area contributed by atoms with Crippen LogP contribution in [0.1, 0.15) is 0 Å². The SMILES string of the molecule is O=S(=O)(c1ccccc1)c1ncco1. The van der Waals surface area contributed by atoms with Gasteiger partial charge in [0.25, 0.3) is 9.84 Å². The lowest BCUT2D eigenvalue weighted by Crippen LogP contribution is -2.01. The van der Waals surface area contributed by atoms with Gasteiger partial charge < -0.3 is 4.42 Å². The minimum Gasteiger partial charge on any atom is -0.436 e. The predicted octanol–water partition coefficient (Wildman–Crippen LogP) is 1.51. The molecule has 2 rings (SSSR count). The Labute approximate surface area is 81.1 Å². The first kappa shape index (κ1) is 8.96. The van der Waals surface area contributed by atoms with Crippen molar-refractivity contribution >= 4 is 9.84 Å². The molecule has 0 aliphatic heterocycles. The minimum atomic E-state index is -3.57. The number of hydrogen-bond donors (Lipinski definition) is 0. The highest BCUT2D eigenvalue weighted by atomic mass is 32.2. The summed E-state index contributed by atoms with van der Waals surface area (Å²) in [4.78, 5) is 3.79. The van der Waals surface area contributed by atoms with Crippen LogP contribution in [0.4, 0.5) is 0 Å². The second-order valence-corrected chi connectivity index (χ2v) is 4.44. The molecule has 0 saturated carbocycles. The molecule has 0 radical (unpaired) electrons. The van der Waals surface area contributed by atoms with E-state index in [1.54, 1.807) is 18.2 Å². The lowest BCUT2D eigenvalue weighted by Gasteiger charge is -1.97. The van der Waals surface area contributed by atoms with E-state index >= 15 is 0 Å². The maximum Gasteiger partial charge on any atom is 0.319 e. The first-order valence-corrected chi connectivity index (χ1v) is 5.39. The Morgan fingerprint density at radius 2 is 1.86 bits per heavy atom. The van der Waals surface area contributed by atoms with Crippen LogP contribution in [0.3, 0.4) is 0 Å². The van der Waals surface area contributed by atoms with Crippen LogP contribution in [0, 0.1) is 0 Å². The van der Waals surface area contributed by atoms with Crippen molar-refractivity contribution in [1.29, 1.82) is 0 Å². The molecule has 0 bridgehead atoms. The molecule has 4 nitrogen and oxygen atoms in total. The number of nitrogens with zero attached hydrogens (tertiary/aromatic N) is 1. The maximum atomic E-state index is 11.7. The number of rotatable bonds is 2. The van der Waals surface area contributed by atoms with Gasteiger partial charge in [-0.05, 0) is 12.1 Å².